The number of hydrogen-bond donors (Lipinski definition) is 1. The van der Waals surface area contributed by atoms with Crippen LogP contribution in [-0.4, -0.2) is 20.1 Å². The van der Waals surface area contributed by atoms with Gasteiger partial charge in [-0.05, 0) is 36.4 Å². The van der Waals surface area contributed by atoms with E-state index >= 15 is 0 Å². The maximum atomic E-state index is 12.1. The minimum atomic E-state index is -0.248. The summed E-state index contributed by atoms with van der Waals surface area (Å²) in [6, 6.07) is 14.0. The molecule has 0 saturated heterocycles. The summed E-state index contributed by atoms with van der Waals surface area (Å²) in [5.74, 6) is 1.12. The van der Waals surface area contributed by atoms with Crippen molar-refractivity contribution < 1.29 is 14.3 Å². The summed E-state index contributed by atoms with van der Waals surface area (Å²) in [4.78, 5) is 12.1. The van der Waals surface area contributed by atoms with Crippen molar-refractivity contribution in [2.24, 2.45) is 0 Å². The third kappa shape index (κ3) is 3.55. The number of benzene rings is 2. The Labute approximate surface area is 129 Å². The third-order valence-corrected chi connectivity index (χ3v) is 3.18. The number of nitrogens with one attached hydrogen (secondary N) is 1. The normalized spacial score (nSPS) is 9.68. The molecule has 0 atom stereocenters. The molecule has 5 heteroatoms. The number of carbonyl (C=O) groups is 1. The van der Waals surface area contributed by atoms with E-state index in [9.17, 15) is 4.79 Å². The van der Waals surface area contributed by atoms with E-state index in [1.54, 1.807) is 50.6 Å². The molecule has 5 nitrogen and oxygen atoms in total. The number of methoxy groups -OCH3 is 2. The van der Waals surface area contributed by atoms with Crippen LogP contribution in [0.15, 0.2) is 42.5 Å². The van der Waals surface area contributed by atoms with E-state index in [1.807, 2.05) is 12.1 Å². The van der Waals surface area contributed by atoms with Gasteiger partial charge in [0.05, 0.1) is 25.9 Å². The number of amides is 1. The molecule has 0 aromatic heterocycles. The topological polar surface area (TPSA) is 71.3 Å². The van der Waals surface area contributed by atoms with Crippen molar-refractivity contribution in [3.8, 4) is 17.6 Å². The van der Waals surface area contributed by atoms with E-state index in [0.717, 1.165) is 5.56 Å². The highest BCUT2D eigenvalue weighted by Gasteiger charge is 2.09. The molecule has 112 valence electrons. The maximum Gasteiger partial charge on any atom is 0.251 e. The number of carbonyl (C=O) groups excluding carboxylic acids is 1. The molecule has 0 fully saturated rings. The fourth-order valence-corrected chi connectivity index (χ4v) is 2.03. The number of ether oxygens (including phenoxy) is 2. The van der Waals surface area contributed by atoms with Crippen LogP contribution in [0.5, 0.6) is 11.5 Å². The minimum Gasteiger partial charge on any atom is -0.497 e. The average Bonchev–Trinajstić information content (AvgIpc) is 2.59. The van der Waals surface area contributed by atoms with Gasteiger partial charge in [-0.25, -0.2) is 0 Å². The Bertz CT molecular complexity index is 720. The molecule has 2 aromatic carbocycles. The standard InChI is InChI=1S/C17H16N2O3/c1-21-15-6-7-16(22-2)14(9-15)11-19-17(20)13-5-3-4-12(8-13)10-18/h3-9H,11H2,1-2H3,(H,19,20). The molecule has 0 spiro atoms. The molecule has 2 aromatic rings. The Morgan fingerprint density at radius 3 is 2.68 bits per heavy atom. The van der Waals surface area contributed by atoms with E-state index in [1.165, 1.54) is 0 Å². The van der Waals surface area contributed by atoms with Gasteiger partial charge in [-0.2, -0.15) is 5.26 Å². The van der Waals surface area contributed by atoms with E-state index in [2.05, 4.69) is 5.32 Å². The van der Waals surface area contributed by atoms with Gasteiger partial charge >= 0.3 is 0 Å². The second-order valence-corrected chi connectivity index (χ2v) is 4.55. The van der Waals surface area contributed by atoms with Crippen molar-refractivity contribution in [3.05, 3.63) is 59.2 Å². The van der Waals surface area contributed by atoms with Gasteiger partial charge in [-0.1, -0.05) is 6.07 Å². The first kappa shape index (κ1) is 15.4. The van der Waals surface area contributed by atoms with Crippen LogP contribution in [0.4, 0.5) is 0 Å². The lowest BCUT2D eigenvalue weighted by Gasteiger charge is -2.11. The fourth-order valence-electron chi connectivity index (χ4n) is 2.03. The predicted octanol–water partition coefficient (Wildman–Crippen LogP) is 2.51. The zero-order chi connectivity index (χ0) is 15.9. The molecule has 0 aliphatic rings. The molecule has 1 amide bonds. The smallest absolute Gasteiger partial charge is 0.251 e. The van der Waals surface area contributed by atoms with Crippen molar-refractivity contribution in [3.63, 3.8) is 0 Å². The number of nitrogens with zero attached hydrogens (tertiary/aromatic N) is 1. The second-order valence-electron chi connectivity index (χ2n) is 4.55. The molecule has 0 aliphatic carbocycles. The van der Waals surface area contributed by atoms with Crippen LogP contribution in [0.2, 0.25) is 0 Å². The number of nitriles is 1. The quantitative estimate of drug-likeness (QED) is 0.920. The van der Waals surface area contributed by atoms with Crippen LogP contribution in [0.3, 0.4) is 0 Å². The Morgan fingerprint density at radius 2 is 2.00 bits per heavy atom. The molecule has 22 heavy (non-hydrogen) atoms. The van der Waals surface area contributed by atoms with E-state index in [0.29, 0.717) is 29.2 Å². The zero-order valence-corrected chi connectivity index (χ0v) is 12.4. The molecule has 0 heterocycles. The van der Waals surface area contributed by atoms with Gasteiger partial charge in [-0.3, -0.25) is 4.79 Å². The SMILES string of the molecule is COc1ccc(OC)c(CNC(=O)c2cccc(C#N)c2)c1. The Kier molecular flexibility index (Phi) is 4.99. The van der Waals surface area contributed by atoms with E-state index in [4.69, 9.17) is 14.7 Å². The van der Waals surface area contributed by atoms with Crippen LogP contribution in [0.1, 0.15) is 21.5 Å². The van der Waals surface area contributed by atoms with Gasteiger partial charge in [0.1, 0.15) is 11.5 Å². The molecule has 2 rings (SSSR count). The molecular formula is C17H16N2O3. The highest BCUT2D eigenvalue weighted by Crippen LogP contribution is 2.23. The average molecular weight is 296 g/mol. The van der Waals surface area contributed by atoms with E-state index < -0.39 is 0 Å². The van der Waals surface area contributed by atoms with Gasteiger partial charge in [-0.15, -0.1) is 0 Å². The third-order valence-electron chi connectivity index (χ3n) is 3.18. The second kappa shape index (κ2) is 7.14. The molecular weight excluding hydrogens is 280 g/mol. The summed E-state index contributed by atoms with van der Waals surface area (Å²) >= 11 is 0. The van der Waals surface area contributed by atoms with Gasteiger partial charge in [0.15, 0.2) is 0 Å². The molecule has 0 aliphatic heterocycles. The predicted molar refractivity (Wildman–Crippen MR) is 81.9 cm³/mol. The van der Waals surface area contributed by atoms with E-state index in [-0.39, 0.29) is 5.91 Å². The van der Waals surface area contributed by atoms with Crippen molar-refractivity contribution in [1.82, 2.24) is 5.32 Å². The van der Waals surface area contributed by atoms with Crippen molar-refractivity contribution in [1.29, 1.82) is 5.26 Å². The van der Waals surface area contributed by atoms with Crippen LogP contribution in [-0.2, 0) is 6.54 Å². The largest absolute Gasteiger partial charge is 0.497 e. The van der Waals surface area contributed by atoms with Crippen LogP contribution in [0, 0.1) is 11.3 Å². The zero-order valence-electron chi connectivity index (χ0n) is 12.4. The van der Waals surface area contributed by atoms with Crippen molar-refractivity contribution in [2.75, 3.05) is 14.2 Å². The van der Waals surface area contributed by atoms with Gasteiger partial charge in [0.2, 0.25) is 0 Å². The maximum absolute atomic E-state index is 12.1. The molecule has 0 bridgehead atoms. The van der Waals surface area contributed by atoms with Gasteiger partial charge < -0.3 is 14.8 Å². The van der Waals surface area contributed by atoms with Gasteiger partial charge in [0, 0.05) is 17.7 Å². The summed E-state index contributed by atoms with van der Waals surface area (Å²) < 4.78 is 10.4. The Hall–Kier alpha value is -3.00. The summed E-state index contributed by atoms with van der Waals surface area (Å²) in [6.45, 7) is 0.302. The first-order valence-electron chi connectivity index (χ1n) is 6.67. The number of rotatable bonds is 5. The summed E-state index contributed by atoms with van der Waals surface area (Å²) in [6.07, 6.45) is 0. The molecule has 0 saturated carbocycles. The lowest BCUT2D eigenvalue weighted by Crippen LogP contribution is -2.23. The summed E-state index contributed by atoms with van der Waals surface area (Å²) in [5.41, 5.74) is 1.71. The number of hydrogen-bond acceptors (Lipinski definition) is 4. The Morgan fingerprint density at radius 1 is 1.18 bits per heavy atom. The first-order chi connectivity index (χ1) is 10.7. The highest BCUT2D eigenvalue weighted by molar-refractivity contribution is 5.94. The molecule has 1 N–H and O–H groups in total. The Balaban J connectivity index is 2.12. The highest BCUT2D eigenvalue weighted by atomic mass is 16.5. The van der Waals surface area contributed by atoms with Gasteiger partial charge in [0.25, 0.3) is 5.91 Å². The van der Waals surface area contributed by atoms with Crippen LogP contribution < -0.4 is 14.8 Å². The summed E-state index contributed by atoms with van der Waals surface area (Å²) in [5, 5.41) is 11.7. The molecule has 0 radical (unpaired) electrons. The van der Waals surface area contributed by atoms with Crippen molar-refractivity contribution >= 4 is 5.91 Å². The first-order valence-corrected chi connectivity index (χ1v) is 6.67. The van der Waals surface area contributed by atoms with Crippen LogP contribution >= 0.6 is 0 Å². The fraction of sp³-hybridized carbons (Fsp3) is 0.176. The lowest BCUT2D eigenvalue weighted by molar-refractivity contribution is 0.0950. The molecule has 0 unspecified atom stereocenters. The minimum absolute atomic E-state index is 0.248. The van der Waals surface area contributed by atoms with Crippen LogP contribution in [0.25, 0.3) is 0 Å². The lowest BCUT2D eigenvalue weighted by atomic mass is 10.1. The van der Waals surface area contributed by atoms with Crippen molar-refractivity contribution in [2.45, 2.75) is 6.54 Å². The monoisotopic (exact) mass is 296 g/mol. The summed E-state index contributed by atoms with van der Waals surface area (Å²) in [7, 11) is 3.15.